The topological polar surface area (TPSA) is 96.0 Å². The van der Waals surface area contributed by atoms with Crippen molar-refractivity contribution in [3.05, 3.63) is 88.7 Å². The molecule has 0 bridgehead atoms. The summed E-state index contributed by atoms with van der Waals surface area (Å²) in [5, 5.41) is 3.22. The third-order valence-electron chi connectivity index (χ3n) is 7.46. The fourth-order valence-corrected chi connectivity index (χ4v) is 6.58. The van der Waals surface area contributed by atoms with Gasteiger partial charge >= 0.3 is 0 Å². The second-order valence-electron chi connectivity index (χ2n) is 10.4. The van der Waals surface area contributed by atoms with Crippen LogP contribution in [0.4, 0.5) is 10.1 Å². The highest BCUT2D eigenvalue weighted by Crippen LogP contribution is 2.35. The van der Waals surface area contributed by atoms with Gasteiger partial charge in [-0.15, -0.1) is 0 Å². The van der Waals surface area contributed by atoms with Crippen molar-refractivity contribution in [1.29, 1.82) is 0 Å². The minimum atomic E-state index is -4.32. The van der Waals surface area contributed by atoms with E-state index in [1.54, 1.807) is 31.2 Å². The lowest BCUT2D eigenvalue weighted by Crippen LogP contribution is -2.52. The minimum absolute atomic E-state index is 0.000464. The molecule has 1 aliphatic rings. The Bertz CT molecular complexity index is 1530. The Kier molecular flexibility index (Phi) is 10.1. The van der Waals surface area contributed by atoms with Gasteiger partial charge in [0.15, 0.2) is 0 Å². The van der Waals surface area contributed by atoms with Crippen LogP contribution in [0.2, 0.25) is 5.02 Å². The highest BCUT2D eigenvalue weighted by molar-refractivity contribution is 7.92. The molecule has 3 aromatic carbocycles. The van der Waals surface area contributed by atoms with E-state index >= 15 is 0 Å². The Morgan fingerprint density at radius 2 is 1.74 bits per heavy atom. The molecule has 0 radical (unpaired) electrons. The van der Waals surface area contributed by atoms with Crippen molar-refractivity contribution in [1.82, 2.24) is 10.2 Å². The van der Waals surface area contributed by atoms with Crippen LogP contribution in [0.25, 0.3) is 0 Å². The molecule has 1 N–H and O–H groups in total. The Morgan fingerprint density at radius 1 is 1.07 bits per heavy atom. The van der Waals surface area contributed by atoms with Crippen LogP contribution in [0.3, 0.4) is 0 Å². The summed E-state index contributed by atoms with van der Waals surface area (Å²) >= 11 is 6.26. The Balaban J connectivity index is 1.75. The van der Waals surface area contributed by atoms with Gasteiger partial charge in [-0.2, -0.15) is 0 Å². The lowest BCUT2D eigenvalue weighted by atomic mass is 10.1. The summed E-state index contributed by atoms with van der Waals surface area (Å²) in [5.41, 5.74) is 1.10. The summed E-state index contributed by atoms with van der Waals surface area (Å²) in [6, 6.07) is 15.6. The van der Waals surface area contributed by atoms with E-state index in [-0.39, 0.29) is 45.4 Å². The average Bonchev–Trinajstić information content (AvgIpc) is 3.48. The molecule has 0 saturated heterocycles. The quantitative estimate of drug-likeness (QED) is 0.309. The molecule has 8 nitrogen and oxygen atoms in total. The number of anilines is 1. The van der Waals surface area contributed by atoms with Crippen LogP contribution in [0.15, 0.2) is 71.6 Å². The maximum atomic E-state index is 14.7. The molecule has 0 spiro atoms. The predicted molar refractivity (Wildman–Crippen MR) is 161 cm³/mol. The highest BCUT2D eigenvalue weighted by Gasteiger charge is 2.35. The van der Waals surface area contributed by atoms with Crippen molar-refractivity contribution in [3.63, 3.8) is 0 Å². The maximum absolute atomic E-state index is 14.7. The highest BCUT2D eigenvalue weighted by atomic mass is 35.5. The van der Waals surface area contributed by atoms with E-state index in [1.165, 1.54) is 54.5 Å². The van der Waals surface area contributed by atoms with Crippen molar-refractivity contribution in [2.45, 2.75) is 63.1 Å². The summed E-state index contributed by atoms with van der Waals surface area (Å²) in [6.07, 6.45) is 3.70. The monoisotopic (exact) mass is 615 g/mol. The number of carbonyl (C=O) groups is 2. The molecule has 1 fully saturated rings. The lowest BCUT2D eigenvalue weighted by Gasteiger charge is -2.33. The summed E-state index contributed by atoms with van der Waals surface area (Å²) < 4.78 is 49.2. The standard InChI is InChI=1S/C31H35ClFN3O5S/c1-21-12-15-26(16-13-21)42(39,40)36(28-18-24(32)14-17-29(28)41-3)20-30(37)35(19-23-8-4-7-11-27(23)33)22(2)31(38)34-25-9-5-6-10-25/h4,7-8,11-18,22,25H,5-6,9-10,19-20H2,1-3H3,(H,34,38)/t22-/m1/s1. The zero-order chi connectivity index (χ0) is 30.4. The zero-order valence-electron chi connectivity index (χ0n) is 23.8. The van der Waals surface area contributed by atoms with Crippen molar-refractivity contribution in [2.75, 3.05) is 18.0 Å². The number of nitrogens with one attached hydrogen (secondary N) is 1. The van der Waals surface area contributed by atoms with Crippen LogP contribution in [0.5, 0.6) is 5.75 Å². The molecule has 0 aromatic heterocycles. The first-order valence-corrected chi connectivity index (χ1v) is 15.6. The number of carbonyl (C=O) groups excluding carboxylic acids is 2. The van der Waals surface area contributed by atoms with Crippen LogP contribution in [-0.2, 0) is 26.2 Å². The van der Waals surface area contributed by atoms with Crippen molar-refractivity contribution in [2.24, 2.45) is 0 Å². The number of methoxy groups -OCH3 is 1. The molecule has 0 heterocycles. The normalized spacial score (nSPS) is 14.3. The number of halogens is 2. The number of sulfonamides is 1. The largest absolute Gasteiger partial charge is 0.495 e. The number of hydrogen-bond donors (Lipinski definition) is 1. The van der Waals surface area contributed by atoms with Gasteiger partial charge in [0.25, 0.3) is 10.0 Å². The molecular weight excluding hydrogens is 581 g/mol. The van der Waals surface area contributed by atoms with E-state index in [0.717, 1.165) is 35.6 Å². The second kappa shape index (κ2) is 13.6. The zero-order valence-corrected chi connectivity index (χ0v) is 25.4. The van der Waals surface area contributed by atoms with Crippen LogP contribution >= 0.6 is 11.6 Å². The minimum Gasteiger partial charge on any atom is -0.495 e. The van der Waals surface area contributed by atoms with E-state index in [2.05, 4.69) is 5.32 Å². The number of nitrogens with zero attached hydrogens (tertiary/aromatic N) is 2. The van der Waals surface area contributed by atoms with Crippen LogP contribution in [0.1, 0.15) is 43.7 Å². The van der Waals surface area contributed by atoms with Crippen LogP contribution in [-0.4, -0.2) is 50.9 Å². The van der Waals surface area contributed by atoms with Crippen molar-refractivity contribution >= 4 is 39.1 Å². The first kappa shape index (κ1) is 31.3. The molecule has 0 unspecified atom stereocenters. The number of amides is 2. The van der Waals surface area contributed by atoms with Gasteiger partial charge in [0, 0.05) is 23.2 Å². The summed E-state index contributed by atoms with van der Waals surface area (Å²) in [6.45, 7) is 2.45. The molecular formula is C31H35ClFN3O5S. The van der Waals surface area contributed by atoms with Crippen LogP contribution < -0.4 is 14.4 Å². The fourth-order valence-electron chi connectivity index (χ4n) is 4.99. The van der Waals surface area contributed by atoms with Crippen molar-refractivity contribution in [3.8, 4) is 5.75 Å². The molecule has 2 amide bonds. The maximum Gasteiger partial charge on any atom is 0.264 e. The molecule has 1 saturated carbocycles. The SMILES string of the molecule is COc1ccc(Cl)cc1N(CC(=O)N(Cc1ccccc1F)[C@H](C)C(=O)NC1CCCC1)S(=O)(=O)c1ccc(C)cc1. The fraction of sp³-hybridized carbons (Fsp3) is 0.355. The summed E-state index contributed by atoms with van der Waals surface area (Å²) in [4.78, 5) is 28.5. The summed E-state index contributed by atoms with van der Waals surface area (Å²) in [5.74, 6) is -1.46. The predicted octanol–water partition coefficient (Wildman–Crippen LogP) is 5.47. The summed E-state index contributed by atoms with van der Waals surface area (Å²) in [7, 11) is -2.94. The van der Waals surface area contributed by atoms with Gasteiger partial charge in [-0.1, -0.05) is 60.3 Å². The van der Waals surface area contributed by atoms with Gasteiger partial charge in [-0.05, 0) is 63.1 Å². The van der Waals surface area contributed by atoms with Gasteiger partial charge in [-0.25, -0.2) is 12.8 Å². The number of aryl methyl sites for hydroxylation is 1. The van der Waals surface area contributed by atoms with E-state index in [4.69, 9.17) is 16.3 Å². The van der Waals surface area contributed by atoms with Gasteiger partial charge in [0.05, 0.1) is 17.7 Å². The number of rotatable bonds is 11. The van der Waals surface area contributed by atoms with E-state index in [1.807, 2.05) is 6.92 Å². The first-order valence-electron chi connectivity index (χ1n) is 13.8. The lowest BCUT2D eigenvalue weighted by molar-refractivity contribution is -0.139. The molecule has 224 valence electrons. The van der Waals surface area contributed by atoms with Crippen LogP contribution in [0, 0.1) is 12.7 Å². The molecule has 1 atom stereocenters. The molecule has 42 heavy (non-hydrogen) atoms. The number of hydrogen-bond acceptors (Lipinski definition) is 5. The second-order valence-corrected chi connectivity index (χ2v) is 12.7. The smallest absolute Gasteiger partial charge is 0.264 e. The molecule has 11 heteroatoms. The molecule has 1 aliphatic carbocycles. The van der Waals surface area contributed by atoms with Gasteiger partial charge in [0.2, 0.25) is 11.8 Å². The number of ether oxygens (including phenoxy) is 1. The molecule has 3 aromatic rings. The number of benzene rings is 3. The van der Waals surface area contributed by atoms with E-state index in [9.17, 15) is 22.4 Å². The Morgan fingerprint density at radius 3 is 2.38 bits per heavy atom. The van der Waals surface area contributed by atoms with E-state index < -0.39 is 34.3 Å². The Hall–Kier alpha value is -3.63. The van der Waals surface area contributed by atoms with Crippen molar-refractivity contribution < 1.29 is 27.1 Å². The average molecular weight is 616 g/mol. The third kappa shape index (κ3) is 7.22. The molecule has 4 rings (SSSR count). The van der Waals surface area contributed by atoms with Gasteiger partial charge in [0.1, 0.15) is 24.2 Å². The first-order chi connectivity index (χ1) is 20.0. The van der Waals surface area contributed by atoms with Gasteiger partial charge in [-0.3, -0.25) is 13.9 Å². The van der Waals surface area contributed by atoms with E-state index in [0.29, 0.717) is 0 Å². The third-order valence-corrected chi connectivity index (χ3v) is 9.47. The Labute approximate surface area is 251 Å². The molecule has 0 aliphatic heterocycles. The van der Waals surface area contributed by atoms with Gasteiger partial charge < -0.3 is 15.0 Å².